The van der Waals surface area contributed by atoms with Crippen LogP contribution in [0.1, 0.15) is 37.0 Å². The molecule has 1 aliphatic carbocycles. The predicted molar refractivity (Wildman–Crippen MR) is 98.9 cm³/mol. The normalized spacial score (nSPS) is 15.0. The van der Waals surface area contributed by atoms with E-state index in [2.05, 4.69) is 11.4 Å². The Morgan fingerprint density at radius 2 is 1.96 bits per heavy atom. The molecule has 128 valence electrons. The first-order valence-electron chi connectivity index (χ1n) is 8.51. The van der Waals surface area contributed by atoms with E-state index in [9.17, 15) is 4.79 Å². The van der Waals surface area contributed by atoms with Gasteiger partial charge in [0.05, 0.1) is 13.7 Å². The average Bonchev–Trinajstić information content (AvgIpc) is 3.14. The standard InChI is InChI=1S/C19H24N2O2S/c1-23-17-11-9-16(10-12-17)21(14-18-8-5-13-24-18)19(22)20-15-6-3-2-4-7-15/h5,8-13,15H,2-4,6-7,14H2,1H3,(H,20,22). The Morgan fingerprint density at radius 3 is 2.58 bits per heavy atom. The maximum atomic E-state index is 12.9. The molecule has 2 amide bonds. The lowest BCUT2D eigenvalue weighted by Crippen LogP contribution is -2.45. The molecule has 0 radical (unpaired) electrons. The number of methoxy groups -OCH3 is 1. The number of carbonyl (C=O) groups is 1. The molecule has 1 aromatic carbocycles. The molecule has 4 nitrogen and oxygen atoms in total. The molecule has 0 saturated heterocycles. The summed E-state index contributed by atoms with van der Waals surface area (Å²) in [6.07, 6.45) is 5.86. The van der Waals surface area contributed by atoms with Gasteiger partial charge in [0.2, 0.25) is 0 Å². The van der Waals surface area contributed by atoms with Crippen LogP contribution >= 0.6 is 11.3 Å². The Labute approximate surface area is 147 Å². The third kappa shape index (κ3) is 4.29. The number of benzene rings is 1. The van der Waals surface area contributed by atoms with E-state index < -0.39 is 0 Å². The fraction of sp³-hybridized carbons (Fsp3) is 0.421. The van der Waals surface area contributed by atoms with Crippen LogP contribution in [0.5, 0.6) is 5.75 Å². The van der Waals surface area contributed by atoms with Gasteiger partial charge in [0.15, 0.2) is 0 Å². The van der Waals surface area contributed by atoms with Crippen LogP contribution < -0.4 is 15.0 Å². The van der Waals surface area contributed by atoms with Crippen molar-refractivity contribution in [1.82, 2.24) is 5.32 Å². The minimum Gasteiger partial charge on any atom is -0.497 e. The molecule has 1 saturated carbocycles. The Morgan fingerprint density at radius 1 is 1.21 bits per heavy atom. The zero-order chi connectivity index (χ0) is 16.8. The third-order valence-electron chi connectivity index (χ3n) is 4.46. The molecule has 1 heterocycles. The Kier molecular flexibility index (Phi) is 5.75. The van der Waals surface area contributed by atoms with Crippen molar-refractivity contribution in [2.75, 3.05) is 12.0 Å². The van der Waals surface area contributed by atoms with E-state index in [1.54, 1.807) is 18.4 Å². The second-order valence-corrected chi connectivity index (χ2v) is 7.18. The SMILES string of the molecule is COc1ccc(N(Cc2cccs2)C(=O)NC2CCCCC2)cc1. The van der Waals surface area contributed by atoms with Gasteiger partial charge >= 0.3 is 6.03 Å². The zero-order valence-electron chi connectivity index (χ0n) is 14.0. The molecule has 0 bridgehead atoms. The van der Waals surface area contributed by atoms with E-state index in [0.717, 1.165) is 24.3 Å². The average molecular weight is 344 g/mol. The Hall–Kier alpha value is -2.01. The number of hydrogen-bond acceptors (Lipinski definition) is 3. The molecule has 0 aliphatic heterocycles. The van der Waals surface area contributed by atoms with E-state index in [1.165, 1.54) is 24.1 Å². The smallest absolute Gasteiger partial charge is 0.322 e. The van der Waals surface area contributed by atoms with Crippen LogP contribution in [-0.2, 0) is 6.54 Å². The molecule has 1 N–H and O–H groups in total. The molecule has 1 aliphatic rings. The van der Waals surface area contributed by atoms with Crippen LogP contribution in [0.4, 0.5) is 10.5 Å². The van der Waals surface area contributed by atoms with Crippen LogP contribution in [0.25, 0.3) is 0 Å². The van der Waals surface area contributed by atoms with Gasteiger partial charge in [-0.15, -0.1) is 11.3 Å². The topological polar surface area (TPSA) is 41.6 Å². The van der Waals surface area contributed by atoms with Crippen molar-refractivity contribution in [1.29, 1.82) is 0 Å². The van der Waals surface area contributed by atoms with Gasteiger partial charge in [0.1, 0.15) is 5.75 Å². The van der Waals surface area contributed by atoms with Crippen molar-refractivity contribution in [2.45, 2.75) is 44.7 Å². The molecule has 24 heavy (non-hydrogen) atoms. The first-order valence-corrected chi connectivity index (χ1v) is 9.38. The Bertz CT molecular complexity index is 634. The van der Waals surface area contributed by atoms with Crippen LogP contribution in [0.3, 0.4) is 0 Å². The van der Waals surface area contributed by atoms with E-state index in [4.69, 9.17) is 4.74 Å². The molecule has 0 atom stereocenters. The number of thiophene rings is 1. The second-order valence-electron chi connectivity index (χ2n) is 6.15. The summed E-state index contributed by atoms with van der Waals surface area (Å²) in [5.41, 5.74) is 0.887. The second kappa shape index (κ2) is 8.20. The highest BCUT2D eigenvalue weighted by molar-refractivity contribution is 7.09. The van der Waals surface area contributed by atoms with Gasteiger partial charge in [0.25, 0.3) is 0 Å². The van der Waals surface area contributed by atoms with E-state index >= 15 is 0 Å². The summed E-state index contributed by atoms with van der Waals surface area (Å²) in [5.74, 6) is 0.794. The van der Waals surface area contributed by atoms with Gasteiger partial charge in [0, 0.05) is 16.6 Å². The minimum atomic E-state index is -0.0135. The number of rotatable bonds is 5. The van der Waals surface area contributed by atoms with Crippen LogP contribution in [0, 0.1) is 0 Å². The Balaban J connectivity index is 1.76. The lowest BCUT2D eigenvalue weighted by molar-refractivity contribution is 0.238. The lowest BCUT2D eigenvalue weighted by Gasteiger charge is -2.28. The predicted octanol–water partition coefficient (Wildman–Crippen LogP) is 4.81. The van der Waals surface area contributed by atoms with Gasteiger partial charge in [-0.25, -0.2) is 4.79 Å². The molecule has 1 aromatic heterocycles. The quantitative estimate of drug-likeness (QED) is 0.846. The van der Waals surface area contributed by atoms with Crippen LogP contribution in [-0.4, -0.2) is 19.2 Å². The summed E-state index contributed by atoms with van der Waals surface area (Å²) in [6, 6.07) is 12.0. The summed E-state index contributed by atoms with van der Waals surface area (Å²) >= 11 is 1.67. The first kappa shape index (κ1) is 16.8. The number of nitrogens with one attached hydrogen (secondary N) is 1. The monoisotopic (exact) mass is 344 g/mol. The summed E-state index contributed by atoms with van der Waals surface area (Å²) in [4.78, 5) is 15.9. The van der Waals surface area contributed by atoms with Crippen molar-refractivity contribution in [3.63, 3.8) is 0 Å². The van der Waals surface area contributed by atoms with E-state index in [-0.39, 0.29) is 6.03 Å². The highest BCUT2D eigenvalue weighted by Crippen LogP contribution is 2.24. The molecule has 1 fully saturated rings. The number of carbonyl (C=O) groups excluding carboxylic acids is 1. The number of anilines is 1. The van der Waals surface area contributed by atoms with Crippen LogP contribution in [0.15, 0.2) is 41.8 Å². The lowest BCUT2D eigenvalue weighted by atomic mass is 9.96. The number of hydrogen-bond donors (Lipinski definition) is 1. The zero-order valence-corrected chi connectivity index (χ0v) is 14.8. The maximum absolute atomic E-state index is 12.9. The largest absolute Gasteiger partial charge is 0.497 e. The molecule has 0 spiro atoms. The fourth-order valence-corrected chi connectivity index (χ4v) is 3.79. The van der Waals surface area contributed by atoms with Gasteiger partial charge in [-0.3, -0.25) is 4.90 Å². The number of nitrogens with zero attached hydrogens (tertiary/aromatic N) is 1. The number of ether oxygens (including phenoxy) is 1. The van der Waals surface area contributed by atoms with Gasteiger partial charge in [-0.1, -0.05) is 25.3 Å². The molecule has 2 aromatic rings. The van der Waals surface area contributed by atoms with Crippen LogP contribution in [0.2, 0.25) is 0 Å². The van der Waals surface area contributed by atoms with Gasteiger partial charge in [-0.05, 0) is 48.6 Å². The highest BCUT2D eigenvalue weighted by atomic mass is 32.1. The van der Waals surface area contributed by atoms with E-state index in [1.807, 2.05) is 40.6 Å². The van der Waals surface area contributed by atoms with Gasteiger partial charge < -0.3 is 10.1 Å². The molecular weight excluding hydrogens is 320 g/mol. The summed E-state index contributed by atoms with van der Waals surface area (Å²) in [5, 5.41) is 5.26. The third-order valence-corrected chi connectivity index (χ3v) is 5.32. The summed E-state index contributed by atoms with van der Waals surface area (Å²) in [6.45, 7) is 0.586. The van der Waals surface area contributed by atoms with Crippen molar-refractivity contribution in [3.05, 3.63) is 46.7 Å². The van der Waals surface area contributed by atoms with Crippen molar-refractivity contribution >= 4 is 23.1 Å². The molecule has 3 rings (SSSR count). The molecular formula is C19H24N2O2S. The summed E-state index contributed by atoms with van der Waals surface area (Å²) in [7, 11) is 1.65. The van der Waals surface area contributed by atoms with Crippen molar-refractivity contribution in [2.24, 2.45) is 0 Å². The van der Waals surface area contributed by atoms with Gasteiger partial charge in [-0.2, -0.15) is 0 Å². The number of amides is 2. The van der Waals surface area contributed by atoms with E-state index in [0.29, 0.717) is 12.6 Å². The highest BCUT2D eigenvalue weighted by Gasteiger charge is 2.21. The first-order chi connectivity index (χ1) is 11.8. The molecule has 0 unspecified atom stereocenters. The minimum absolute atomic E-state index is 0.0135. The fourth-order valence-electron chi connectivity index (χ4n) is 3.10. The maximum Gasteiger partial charge on any atom is 0.322 e. The molecule has 5 heteroatoms. The summed E-state index contributed by atoms with van der Waals surface area (Å²) < 4.78 is 5.22. The van der Waals surface area contributed by atoms with Crippen molar-refractivity contribution in [3.8, 4) is 5.75 Å². The van der Waals surface area contributed by atoms with Crippen molar-refractivity contribution < 1.29 is 9.53 Å². The number of urea groups is 1.